The molecule has 3 aliphatic rings. The number of carbonyl (C=O) groups excluding carboxylic acids is 3. The minimum Gasteiger partial charge on any atom is -0.468 e. The third-order valence-corrected chi connectivity index (χ3v) is 5.52. The first-order valence-electron chi connectivity index (χ1n) is 6.73. The molecule has 5 nitrogen and oxygen atoms in total. The fourth-order valence-electron chi connectivity index (χ4n) is 3.78. The van der Waals surface area contributed by atoms with Gasteiger partial charge in [-0.2, -0.15) is 0 Å². The molecule has 0 aromatic heterocycles. The maximum absolute atomic E-state index is 12.4. The number of rotatable bonds is 2. The summed E-state index contributed by atoms with van der Waals surface area (Å²) in [5.74, 6) is -0.467. The van der Waals surface area contributed by atoms with E-state index in [-0.39, 0.29) is 29.8 Å². The van der Waals surface area contributed by atoms with E-state index in [0.717, 1.165) is 24.1 Å². The second-order valence-corrected chi connectivity index (χ2v) is 6.47. The quantitative estimate of drug-likeness (QED) is 0.715. The van der Waals surface area contributed by atoms with Crippen LogP contribution in [0.25, 0.3) is 0 Å². The summed E-state index contributed by atoms with van der Waals surface area (Å²) >= 11 is 1.49. The van der Waals surface area contributed by atoms with Gasteiger partial charge in [-0.1, -0.05) is 0 Å². The van der Waals surface area contributed by atoms with Gasteiger partial charge in [0.1, 0.15) is 5.41 Å². The summed E-state index contributed by atoms with van der Waals surface area (Å²) in [5.41, 5.74) is 0.695. The summed E-state index contributed by atoms with van der Waals surface area (Å²) in [7, 11) is 1.32. The molecule has 0 radical (unpaired) electrons. The van der Waals surface area contributed by atoms with Crippen LogP contribution in [-0.4, -0.2) is 47.7 Å². The summed E-state index contributed by atoms with van der Waals surface area (Å²) in [6.45, 7) is 0.645. The fraction of sp³-hybridized carbons (Fsp3) is 0.643. The zero-order valence-electron chi connectivity index (χ0n) is 11.6. The second kappa shape index (κ2) is 4.62. The van der Waals surface area contributed by atoms with Crippen molar-refractivity contribution < 1.29 is 19.1 Å². The Morgan fingerprint density at radius 2 is 2.15 bits per heavy atom. The Labute approximate surface area is 121 Å². The molecule has 108 valence electrons. The van der Waals surface area contributed by atoms with Gasteiger partial charge in [-0.15, -0.1) is 11.8 Å². The van der Waals surface area contributed by atoms with Gasteiger partial charge in [0.15, 0.2) is 5.78 Å². The minimum absolute atomic E-state index is 0.0400. The SMILES string of the molecule is COC(=O)[C@@]12CC(=O)[C@@H](SC)C3=C1N(CCC3)C(=O)C2. The van der Waals surface area contributed by atoms with Crippen molar-refractivity contribution >= 4 is 29.4 Å². The van der Waals surface area contributed by atoms with Crippen LogP contribution >= 0.6 is 11.8 Å². The third-order valence-electron chi connectivity index (χ3n) is 4.51. The number of ketones is 1. The summed E-state index contributed by atoms with van der Waals surface area (Å²) in [6.07, 6.45) is 3.70. The molecule has 1 saturated heterocycles. The fourth-order valence-corrected chi connectivity index (χ4v) is 4.64. The first-order chi connectivity index (χ1) is 9.55. The largest absolute Gasteiger partial charge is 0.468 e. The van der Waals surface area contributed by atoms with Gasteiger partial charge in [0.2, 0.25) is 5.91 Å². The number of nitrogens with zero attached hydrogens (tertiary/aromatic N) is 1. The topological polar surface area (TPSA) is 63.7 Å². The van der Waals surface area contributed by atoms with Crippen molar-refractivity contribution in [3.05, 3.63) is 11.3 Å². The summed E-state index contributed by atoms with van der Waals surface area (Å²) in [5, 5.41) is -0.212. The van der Waals surface area contributed by atoms with E-state index < -0.39 is 11.4 Å². The summed E-state index contributed by atoms with van der Waals surface area (Å²) in [4.78, 5) is 38.7. The normalized spacial score (nSPS) is 32.5. The molecule has 2 heterocycles. The molecular weight excluding hydrogens is 278 g/mol. The van der Waals surface area contributed by atoms with Crippen molar-refractivity contribution in [1.82, 2.24) is 4.90 Å². The van der Waals surface area contributed by atoms with Gasteiger partial charge in [-0.25, -0.2) is 0 Å². The average Bonchev–Trinajstić information content (AvgIpc) is 2.73. The van der Waals surface area contributed by atoms with Crippen molar-refractivity contribution in [3.8, 4) is 0 Å². The van der Waals surface area contributed by atoms with Gasteiger partial charge in [0.05, 0.1) is 12.4 Å². The van der Waals surface area contributed by atoms with Crippen molar-refractivity contribution in [3.63, 3.8) is 0 Å². The highest BCUT2D eigenvalue weighted by Crippen LogP contribution is 2.54. The maximum Gasteiger partial charge on any atom is 0.318 e. The molecule has 3 rings (SSSR count). The molecule has 1 amide bonds. The Morgan fingerprint density at radius 3 is 2.80 bits per heavy atom. The number of methoxy groups -OCH3 is 1. The maximum atomic E-state index is 12.4. The molecule has 1 fully saturated rings. The molecule has 0 spiro atoms. The third kappa shape index (κ3) is 1.60. The van der Waals surface area contributed by atoms with E-state index in [9.17, 15) is 14.4 Å². The van der Waals surface area contributed by atoms with Crippen LogP contribution in [0.4, 0.5) is 0 Å². The number of amides is 1. The monoisotopic (exact) mass is 295 g/mol. The average molecular weight is 295 g/mol. The minimum atomic E-state index is -1.05. The molecule has 0 bridgehead atoms. The lowest BCUT2D eigenvalue weighted by atomic mass is 9.71. The molecule has 2 aliphatic heterocycles. The van der Waals surface area contributed by atoms with Crippen LogP contribution in [0.1, 0.15) is 25.7 Å². The van der Waals surface area contributed by atoms with E-state index in [0.29, 0.717) is 6.54 Å². The van der Waals surface area contributed by atoms with Crippen LogP contribution in [0.3, 0.4) is 0 Å². The van der Waals surface area contributed by atoms with Gasteiger partial charge < -0.3 is 9.64 Å². The standard InChI is InChI=1S/C14H17NO4S/c1-19-13(18)14-6-9(16)11(20-2)8-4-3-5-15(12(8)14)10(17)7-14/h11H,3-7H2,1-2H3/t11-,14+/m0/s1. The Hall–Kier alpha value is -1.30. The molecular formula is C14H17NO4S. The number of thioether (sulfide) groups is 1. The van der Waals surface area contributed by atoms with Gasteiger partial charge >= 0.3 is 5.97 Å². The molecule has 20 heavy (non-hydrogen) atoms. The van der Waals surface area contributed by atoms with Crippen LogP contribution in [0.5, 0.6) is 0 Å². The first-order valence-corrected chi connectivity index (χ1v) is 8.02. The lowest BCUT2D eigenvalue weighted by Crippen LogP contribution is -2.45. The summed E-state index contributed by atoms with van der Waals surface area (Å²) < 4.78 is 4.91. The number of esters is 1. The number of Topliss-reactive ketones (excluding diaryl/α,β-unsaturated/α-hetero) is 1. The van der Waals surface area contributed by atoms with Crippen LogP contribution in [0, 0.1) is 5.41 Å². The zero-order valence-corrected chi connectivity index (χ0v) is 12.4. The van der Waals surface area contributed by atoms with E-state index in [4.69, 9.17) is 4.74 Å². The smallest absolute Gasteiger partial charge is 0.318 e. The van der Waals surface area contributed by atoms with Crippen molar-refractivity contribution in [2.45, 2.75) is 30.9 Å². The summed E-state index contributed by atoms with van der Waals surface area (Å²) in [6, 6.07) is 0. The van der Waals surface area contributed by atoms with Crippen LogP contribution in [0.2, 0.25) is 0 Å². The van der Waals surface area contributed by atoms with Crippen molar-refractivity contribution in [2.75, 3.05) is 19.9 Å². The molecule has 0 aromatic rings. The highest BCUT2D eigenvalue weighted by molar-refractivity contribution is 8.00. The second-order valence-electron chi connectivity index (χ2n) is 5.53. The van der Waals surface area contributed by atoms with E-state index in [1.807, 2.05) is 6.26 Å². The van der Waals surface area contributed by atoms with Gasteiger partial charge in [0, 0.05) is 25.1 Å². The van der Waals surface area contributed by atoms with E-state index >= 15 is 0 Å². The Bertz CT molecular complexity index is 541. The lowest BCUT2D eigenvalue weighted by molar-refractivity contribution is -0.153. The van der Waals surface area contributed by atoms with E-state index in [1.54, 1.807) is 4.90 Å². The molecule has 0 unspecified atom stereocenters. The number of hydrogen-bond donors (Lipinski definition) is 0. The predicted molar refractivity (Wildman–Crippen MR) is 74.0 cm³/mol. The number of hydrogen-bond acceptors (Lipinski definition) is 5. The predicted octanol–water partition coefficient (Wildman–Crippen LogP) is 1.13. The number of ether oxygens (including phenoxy) is 1. The van der Waals surface area contributed by atoms with Crippen LogP contribution in [-0.2, 0) is 19.1 Å². The van der Waals surface area contributed by atoms with Gasteiger partial charge in [0.25, 0.3) is 0 Å². The van der Waals surface area contributed by atoms with E-state index in [2.05, 4.69) is 0 Å². The Morgan fingerprint density at radius 1 is 1.40 bits per heavy atom. The van der Waals surface area contributed by atoms with Crippen molar-refractivity contribution in [2.24, 2.45) is 5.41 Å². The molecule has 0 saturated carbocycles. The molecule has 0 N–H and O–H groups in total. The molecule has 6 heteroatoms. The molecule has 2 atom stereocenters. The highest BCUT2D eigenvalue weighted by atomic mass is 32.2. The Balaban J connectivity index is 2.21. The Kier molecular flexibility index (Phi) is 3.16. The van der Waals surface area contributed by atoms with E-state index in [1.165, 1.54) is 18.9 Å². The molecule has 0 aromatic carbocycles. The van der Waals surface area contributed by atoms with Gasteiger partial charge in [-0.3, -0.25) is 14.4 Å². The first kappa shape index (κ1) is 13.7. The molecule has 1 aliphatic carbocycles. The number of carbonyl (C=O) groups is 3. The van der Waals surface area contributed by atoms with Crippen molar-refractivity contribution in [1.29, 1.82) is 0 Å². The van der Waals surface area contributed by atoms with Crippen LogP contribution in [0.15, 0.2) is 11.3 Å². The van der Waals surface area contributed by atoms with Crippen LogP contribution < -0.4 is 0 Å². The highest BCUT2D eigenvalue weighted by Gasteiger charge is 2.60. The van der Waals surface area contributed by atoms with Gasteiger partial charge in [-0.05, 0) is 24.7 Å². The lowest BCUT2D eigenvalue weighted by Gasteiger charge is -2.40. The zero-order chi connectivity index (χ0) is 14.5.